The molecule has 1 aromatic heterocycles. The van der Waals surface area contributed by atoms with Crippen LogP contribution in [0.15, 0.2) is 6.20 Å². The summed E-state index contributed by atoms with van der Waals surface area (Å²) in [6.07, 6.45) is 3.75. The lowest BCUT2D eigenvalue weighted by Gasteiger charge is -2.25. The Bertz CT molecular complexity index is 402. The van der Waals surface area contributed by atoms with Gasteiger partial charge in [-0.2, -0.15) is 5.10 Å². The summed E-state index contributed by atoms with van der Waals surface area (Å²) in [6, 6.07) is 0. The monoisotopic (exact) mass is 281 g/mol. The fourth-order valence-electron chi connectivity index (χ4n) is 2.25. The van der Waals surface area contributed by atoms with Crippen LogP contribution in [0.3, 0.4) is 0 Å². The van der Waals surface area contributed by atoms with Crippen molar-refractivity contribution in [2.24, 2.45) is 5.92 Å². The molecule has 0 bridgehead atoms. The molecule has 0 aliphatic rings. The van der Waals surface area contributed by atoms with E-state index in [9.17, 15) is 5.11 Å². The van der Waals surface area contributed by atoms with Gasteiger partial charge in [0.05, 0.1) is 11.8 Å². The summed E-state index contributed by atoms with van der Waals surface area (Å²) in [4.78, 5) is 0. The van der Waals surface area contributed by atoms with E-state index < -0.39 is 5.60 Å². The van der Waals surface area contributed by atoms with Crippen molar-refractivity contribution in [3.63, 3.8) is 0 Å². The molecule has 1 unspecified atom stereocenters. The molecule has 0 aliphatic carbocycles. The molecule has 0 aromatic carbocycles. The standard InChI is InChI=1S/C16H31N3O/c1-12(2)7-8-16(6,20)11-17-9-13-10-18-19-14(13)15(3,4)5/h10,12,17,20H,7-9,11H2,1-6H3,(H,18,19). The van der Waals surface area contributed by atoms with E-state index in [0.717, 1.165) is 25.1 Å². The molecular formula is C16H31N3O. The minimum atomic E-state index is -0.643. The number of hydrogen-bond donors (Lipinski definition) is 3. The van der Waals surface area contributed by atoms with E-state index in [1.54, 1.807) is 0 Å². The van der Waals surface area contributed by atoms with E-state index in [4.69, 9.17) is 0 Å². The van der Waals surface area contributed by atoms with Crippen molar-refractivity contribution in [3.8, 4) is 0 Å². The van der Waals surface area contributed by atoms with Gasteiger partial charge in [0, 0.05) is 29.8 Å². The lowest BCUT2D eigenvalue weighted by Crippen LogP contribution is -2.38. The second-order valence-electron chi connectivity index (χ2n) is 7.55. The highest BCUT2D eigenvalue weighted by atomic mass is 16.3. The van der Waals surface area contributed by atoms with Crippen molar-refractivity contribution in [1.82, 2.24) is 15.5 Å². The van der Waals surface area contributed by atoms with Gasteiger partial charge in [-0.05, 0) is 25.7 Å². The molecule has 116 valence electrons. The Balaban J connectivity index is 2.47. The summed E-state index contributed by atoms with van der Waals surface area (Å²) in [5.41, 5.74) is 1.76. The molecule has 1 heterocycles. The predicted molar refractivity (Wildman–Crippen MR) is 83.7 cm³/mol. The number of aliphatic hydroxyl groups is 1. The predicted octanol–water partition coefficient (Wildman–Crippen LogP) is 2.98. The SMILES string of the molecule is CC(C)CCC(C)(O)CNCc1cn[nH]c1C(C)(C)C. The van der Waals surface area contributed by atoms with Crippen LogP contribution in [0, 0.1) is 5.92 Å². The second kappa shape index (κ2) is 6.72. The quantitative estimate of drug-likeness (QED) is 0.720. The number of aromatic amines is 1. The van der Waals surface area contributed by atoms with Crippen LogP contribution in [-0.2, 0) is 12.0 Å². The highest BCUT2D eigenvalue weighted by Crippen LogP contribution is 2.23. The molecule has 0 spiro atoms. The molecular weight excluding hydrogens is 250 g/mol. The van der Waals surface area contributed by atoms with Gasteiger partial charge in [0.2, 0.25) is 0 Å². The van der Waals surface area contributed by atoms with Crippen molar-refractivity contribution >= 4 is 0 Å². The van der Waals surface area contributed by atoms with Gasteiger partial charge in [-0.1, -0.05) is 34.6 Å². The zero-order valence-electron chi connectivity index (χ0n) is 13.9. The largest absolute Gasteiger partial charge is 0.389 e. The third-order valence-corrected chi connectivity index (χ3v) is 3.55. The van der Waals surface area contributed by atoms with Crippen molar-refractivity contribution in [2.45, 2.75) is 71.9 Å². The molecule has 0 fully saturated rings. The van der Waals surface area contributed by atoms with Crippen LogP contribution >= 0.6 is 0 Å². The summed E-state index contributed by atoms with van der Waals surface area (Å²) in [5.74, 6) is 0.628. The maximum atomic E-state index is 10.3. The van der Waals surface area contributed by atoms with Crippen molar-refractivity contribution in [1.29, 1.82) is 0 Å². The molecule has 1 rings (SSSR count). The average molecular weight is 281 g/mol. The van der Waals surface area contributed by atoms with Crippen molar-refractivity contribution < 1.29 is 5.11 Å². The molecule has 1 atom stereocenters. The summed E-state index contributed by atoms with van der Waals surface area (Å²) >= 11 is 0. The van der Waals surface area contributed by atoms with Gasteiger partial charge >= 0.3 is 0 Å². The van der Waals surface area contributed by atoms with E-state index in [0.29, 0.717) is 12.5 Å². The highest BCUT2D eigenvalue weighted by Gasteiger charge is 2.22. The maximum absolute atomic E-state index is 10.3. The third kappa shape index (κ3) is 5.63. The first-order valence-electron chi connectivity index (χ1n) is 7.57. The summed E-state index contributed by atoms with van der Waals surface area (Å²) < 4.78 is 0. The van der Waals surface area contributed by atoms with E-state index in [1.165, 1.54) is 5.56 Å². The van der Waals surface area contributed by atoms with Gasteiger partial charge < -0.3 is 10.4 Å². The van der Waals surface area contributed by atoms with Crippen molar-refractivity contribution in [3.05, 3.63) is 17.5 Å². The smallest absolute Gasteiger partial charge is 0.0743 e. The Kier molecular flexibility index (Phi) is 5.78. The molecule has 0 radical (unpaired) electrons. The van der Waals surface area contributed by atoms with Crippen LogP contribution < -0.4 is 5.32 Å². The lowest BCUT2D eigenvalue weighted by atomic mass is 9.89. The molecule has 4 heteroatoms. The van der Waals surface area contributed by atoms with Crippen LogP contribution in [0.4, 0.5) is 0 Å². The summed E-state index contributed by atoms with van der Waals surface area (Å²) in [5, 5.41) is 20.9. The molecule has 1 aromatic rings. The van der Waals surface area contributed by atoms with Gasteiger partial charge in [-0.25, -0.2) is 0 Å². The normalized spacial score (nSPS) is 15.6. The van der Waals surface area contributed by atoms with Crippen LogP contribution in [0.25, 0.3) is 0 Å². The minimum Gasteiger partial charge on any atom is -0.389 e. The highest BCUT2D eigenvalue weighted by molar-refractivity contribution is 5.23. The van der Waals surface area contributed by atoms with E-state index >= 15 is 0 Å². The van der Waals surface area contributed by atoms with E-state index in [-0.39, 0.29) is 5.41 Å². The van der Waals surface area contributed by atoms with Crippen LogP contribution in [0.1, 0.15) is 65.6 Å². The maximum Gasteiger partial charge on any atom is 0.0743 e. The number of hydrogen-bond acceptors (Lipinski definition) is 3. The zero-order chi connectivity index (χ0) is 15.4. The topological polar surface area (TPSA) is 60.9 Å². The molecule has 0 saturated heterocycles. The number of nitrogens with zero attached hydrogens (tertiary/aromatic N) is 1. The molecule has 20 heavy (non-hydrogen) atoms. The Morgan fingerprint density at radius 1 is 1.30 bits per heavy atom. The van der Waals surface area contributed by atoms with Gasteiger partial charge in [-0.3, -0.25) is 5.10 Å². The van der Waals surface area contributed by atoms with Crippen LogP contribution in [-0.4, -0.2) is 27.4 Å². The summed E-state index contributed by atoms with van der Waals surface area (Å²) in [6.45, 7) is 14.1. The fraction of sp³-hybridized carbons (Fsp3) is 0.812. The first kappa shape index (κ1) is 17.2. The van der Waals surface area contributed by atoms with Crippen LogP contribution in [0.5, 0.6) is 0 Å². The molecule has 3 N–H and O–H groups in total. The Morgan fingerprint density at radius 2 is 1.95 bits per heavy atom. The molecule has 0 aliphatic heterocycles. The zero-order valence-corrected chi connectivity index (χ0v) is 13.9. The van der Waals surface area contributed by atoms with Gasteiger partial charge in [-0.15, -0.1) is 0 Å². The average Bonchev–Trinajstić information content (AvgIpc) is 2.74. The number of H-pyrrole nitrogens is 1. The van der Waals surface area contributed by atoms with E-state index in [1.807, 2.05) is 13.1 Å². The Hall–Kier alpha value is -0.870. The third-order valence-electron chi connectivity index (χ3n) is 3.55. The van der Waals surface area contributed by atoms with Crippen LogP contribution in [0.2, 0.25) is 0 Å². The summed E-state index contributed by atoms with van der Waals surface area (Å²) in [7, 11) is 0. The number of aromatic nitrogens is 2. The molecule has 4 nitrogen and oxygen atoms in total. The number of rotatable bonds is 7. The number of nitrogens with one attached hydrogen (secondary N) is 2. The first-order valence-corrected chi connectivity index (χ1v) is 7.57. The fourth-order valence-corrected chi connectivity index (χ4v) is 2.25. The molecule has 0 saturated carbocycles. The Morgan fingerprint density at radius 3 is 2.50 bits per heavy atom. The van der Waals surface area contributed by atoms with Gasteiger partial charge in [0.1, 0.15) is 0 Å². The first-order chi connectivity index (χ1) is 9.12. The minimum absolute atomic E-state index is 0.0632. The van der Waals surface area contributed by atoms with Gasteiger partial charge in [0.25, 0.3) is 0 Å². The Labute approximate surface area is 123 Å². The van der Waals surface area contributed by atoms with E-state index in [2.05, 4.69) is 50.1 Å². The molecule has 0 amide bonds. The lowest BCUT2D eigenvalue weighted by molar-refractivity contribution is 0.0451. The van der Waals surface area contributed by atoms with Gasteiger partial charge in [0.15, 0.2) is 0 Å². The van der Waals surface area contributed by atoms with Crippen molar-refractivity contribution in [2.75, 3.05) is 6.54 Å². The second-order valence-corrected chi connectivity index (χ2v) is 7.55.